The molecule has 0 aliphatic rings. The fourth-order valence-corrected chi connectivity index (χ4v) is 2.01. The Morgan fingerprint density at radius 1 is 1.62 bits per heavy atom. The van der Waals surface area contributed by atoms with Crippen LogP contribution in [0.3, 0.4) is 0 Å². The van der Waals surface area contributed by atoms with E-state index in [4.69, 9.17) is 0 Å². The Balaban J connectivity index is 2.95. The smallest absolute Gasteiger partial charge is 0.332 e. The molecule has 0 amide bonds. The summed E-state index contributed by atoms with van der Waals surface area (Å²) in [5.41, 5.74) is -0.917. The predicted octanol–water partition coefficient (Wildman–Crippen LogP) is 2.18. The molecule has 0 aliphatic heterocycles. The predicted molar refractivity (Wildman–Crippen MR) is 64.9 cm³/mol. The van der Waals surface area contributed by atoms with E-state index in [1.807, 2.05) is 0 Å². The van der Waals surface area contributed by atoms with E-state index in [2.05, 4.69) is 22.9 Å². The maximum Gasteiger partial charge on any atom is 0.332 e. The zero-order chi connectivity index (χ0) is 12.1. The summed E-state index contributed by atoms with van der Waals surface area (Å²) in [5.74, 6) is 0.405. The molecule has 0 aliphatic carbocycles. The number of hydrogen-bond donors (Lipinski definition) is 0. The summed E-state index contributed by atoms with van der Waals surface area (Å²) in [6, 6.07) is 1.24. The van der Waals surface area contributed by atoms with Crippen molar-refractivity contribution < 1.29 is 4.92 Å². The molecule has 16 heavy (non-hydrogen) atoms. The summed E-state index contributed by atoms with van der Waals surface area (Å²) >= 11 is 3.39. The number of nitro groups is 1. The second-order valence-electron chi connectivity index (χ2n) is 3.58. The highest BCUT2D eigenvalue weighted by molar-refractivity contribution is 9.09. The molecule has 6 heteroatoms. The maximum absolute atomic E-state index is 11.2. The van der Waals surface area contributed by atoms with Crippen LogP contribution in [-0.4, -0.2) is 14.8 Å². The van der Waals surface area contributed by atoms with E-state index in [9.17, 15) is 14.9 Å². The number of pyridine rings is 1. The van der Waals surface area contributed by atoms with Gasteiger partial charge in [-0.3, -0.25) is 14.9 Å². The van der Waals surface area contributed by atoms with E-state index in [-0.39, 0.29) is 5.69 Å². The van der Waals surface area contributed by atoms with Crippen molar-refractivity contribution in [2.45, 2.75) is 19.9 Å². The molecule has 0 saturated carbocycles. The van der Waals surface area contributed by atoms with Gasteiger partial charge in [0.2, 0.25) is 0 Å². The van der Waals surface area contributed by atoms with Crippen LogP contribution in [0.15, 0.2) is 23.3 Å². The number of hydrogen-bond acceptors (Lipinski definition) is 3. The van der Waals surface area contributed by atoms with Gasteiger partial charge in [0.1, 0.15) is 0 Å². The molecule has 0 bridgehead atoms. The number of aromatic nitrogens is 1. The van der Waals surface area contributed by atoms with Gasteiger partial charge in [0.15, 0.2) is 0 Å². The van der Waals surface area contributed by atoms with Crippen LogP contribution in [0.5, 0.6) is 0 Å². The quantitative estimate of drug-likeness (QED) is 0.474. The Labute approximate surface area is 101 Å². The Kier molecular flexibility index (Phi) is 4.67. The average molecular weight is 289 g/mol. The van der Waals surface area contributed by atoms with Gasteiger partial charge in [-0.2, -0.15) is 0 Å². The monoisotopic (exact) mass is 288 g/mol. The maximum atomic E-state index is 11.2. The largest absolute Gasteiger partial charge is 0.348 e. The lowest BCUT2D eigenvalue weighted by Gasteiger charge is -2.13. The lowest BCUT2D eigenvalue weighted by molar-refractivity contribution is -0.386. The van der Waals surface area contributed by atoms with Crippen LogP contribution in [0.25, 0.3) is 0 Å². The molecule has 0 N–H and O–H groups in total. The number of alkyl halides is 1. The third-order valence-electron chi connectivity index (χ3n) is 2.42. The molecule has 1 atom stereocenters. The molecule has 5 nitrogen and oxygen atoms in total. The minimum atomic E-state index is -0.645. The minimum Gasteiger partial charge on any atom is -0.348 e. The van der Waals surface area contributed by atoms with Gasteiger partial charge in [0, 0.05) is 24.1 Å². The second-order valence-corrected chi connectivity index (χ2v) is 4.22. The number of halogens is 1. The third-order valence-corrected chi connectivity index (χ3v) is 3.33. The first-order valence-electron chi connectivity index (χ1n) is 4.99. The van der Waals surface area contributed by atoms with Crippen molar-refractivity contribution >= 4 is 21.6 Å². The van der Waals surface area contributed by atoms with Crippen molar-refractivity contribution in [1.29, 1.82) is 0 Å². The molecule has 0 aromatic carbocycles. The van der Waals surface area contributed by atoms with Crippen molar-refractivity contribution in [3.8, 4) is 0 Å². The van der Waals surface area contributed by atoms with E-state index in [0.717, 1.165) is 11.8 Å². The Morgan fingerprint density at radius 2 is 2.31 bits per heavy atom. The topological polar surface area (TPSA) is 65.1 Å². The van der Waals surface area contributed by atoms with E-state index in [0.29, 0.717) is 12.5 Å². The minimum absolute atomic E-state index is 0.369. The molecular formula is C10H13BrN2O3. The van der Waals surface area contributed by atoms with Crippen molar-refractivity contribution in [3.63, 3.8) is 0 Å². The number of rotatable bonds is 5. The second kappa shape index (κ2) is 5.79. The lowest BCUT2D eigenvalue weighted by atomic mass is 10.1. The van der Waals surface area contributed by atoms with Crippen LogP contribution in [0, 0.1) is 16.0 Å². The first-order chi connectivity index (χ1) is 7.58. The van der Waals surface area contributed by atoms with Crippen LogP contribution < -0.4 is 5.43 Å². The molecule has 1 rings (SSSR count). The van der Waals surface area contributed by atoms with Crippen molar-refractivity contribution in [1.82, 2.24) is 4.57 Å². The Hall–Kier alpha value is -1.17. The van der Waals surface area contributed by atoms with Gasteiger partial charge < -0.3 is 4.57 Å². The molecule has 1 aromatic rings. The van der Waals surface area contributed by atoms with E-state index in [1.54, 1.807) is 10.8 Å². The average Bonchev–Trinajstić information content (AvgIpc) is 2.27. The lowest BCUT2D eigenvalue weighted by Crippen LogP contribution is -2.15. The molecule has 1 aromatic heterocycles. The highest BCUT2D eigenvalue weighted by Crippen LogP contribution is 2.11. The van der Waals surface area contributed by atoms with Gasteiger partial charge in [0.25, 0.3) is 5.43 Å². The summed E-state index contributed by atoms with van der Waals surface area (Å²) in [5, 5.41) is 11.4. The number of nitrogens with zero attached hydrogens (tertiary/aromatic N) is 2. The highest BCUT2D eigenvalue weighted by Gasteiger charge is 2.13. The summed E-state index contributed by atoms with van der Waals surface area (Å²) in [6.07, 6.45) is 3.86. The summed E-state index contributed by atoms with van der Waals surface area (Å²) in [7, 11) is 0. The van der Waals surface area contributed by atoms with Crippen LogP contribution in [0.1, 0.15) is 13.3 Å². The molecule has 0 saturated heterocycles. The van der Waals surface area contributed by atoms with E-state index >= 15 is 0 Å². The Morgan fingerprint density at radius 3 is 2.81 bits per heavy atom. The van der Waals surface area contributed by atoms with Crippen molar-refractivity contribution in [2.75, 3.05) is 5.33 Å². The SMILES string of the molecule is CCC(CBr)Cn1ccc(=O)c([N+](=O)[O-])c1. The van der Waals surface area contributed by atoms with Crippen LogP contribution in [-0.2, 0) is 6.54 Å². The van der Waals surface area contributed by atoms with Gasteiger partial charge in [0.05, 0.1) is 11.1 Å². The molecule has 1 unspecified atom stereocenters. The molecule has 0 radical (unpaired) electrons. The molecular weight excluding hydrogens is 276 g/mol. The standard InChI is InChI=1S/C10H13BrN2O3/c1-2-8(5-11)6-12-4-3-10(14)9(7-12)13(15)16/h3-4,7-8H,2,5-6H2,1H3. The fraction of sp³-hybridized carbons (Fsp3) is 0.500. The first-order valence-corrected chi connectivity index (χ1v) is 6.11. The first kappa shape index (κ1) is 12.9. The van der Waals surface area contributed by atoms with Gasteiger partial charge in [-0.15, -0.1) is 0 Å². The van der Waals surface area contributed by atoms with Gasteiger partial charge in [-0.05, 0) is 5.92 Å². The van der Waals surface area contributed by atoms with Gasteiger partial charge >= 0.3 is 5.69 Å². The zero-order valence-electron chi connectivity index (χ0n) is 8.93. The van der Waals surface area contributed by atoms with Crippen molar-refractivity contribution in [3.05, 3.63) is 38.8 Å². The van der Waals surface area contributed by atoms with Crippen LogP contribution in [0.2, 0.25) is 0 Å². The van der Waals surface area contributed by atoms with Crippen LogP contribution >= 0.6 is 15.9 Å². The molecule has 0 spiro atoms. The van der Waals surface area contributed by atoms with Crippen molar-refractivity contribution in [2.24, 2.45) is 5.92 Å². The molecule has 0 fully saturated rings. The van der Waals surface area contributed by atoms with Crippen LogP contribution in [0.4, 0.5) is 5.69 Å². The fourth-order valence-electron chi connectivity index (χ4n) is 1.35. The molecule has 1 heterocycles. The Bertz CT molecular complexity index is 426. The normalized spacial score (nSPS) is 12.4. The molecule has 88 valence electrons. The van der Waals surface area contributed by atoms with E-state index < -0.39 is 10.4 Å². The zero-order valence-corrected chi connectivity index (χ0v) is 10.5. The van der Waals surface area contributed by atoms with E-state index in [1.165, 1.54) is 12.3 Å². The van der Waals surface area contributed by atoms with Gasteiger partial charge in [-0.1, -0.05) is 29.3 Å². The highest BCUT2D eigenvalue weighted by atomic mass is 79.9. The summed E-state index contributed by atoms with van der Waals surface area (Å²) in [4.78, 5) is 21.1. The third kappa shape index (κ3) is 3.16. The summed E-state index contributed by atoms with van der Waals surface area (Å²) < 4.78 is 1.69. The summed E-state index contributed by atoms with van der Waals surface area (Å²) in [6.45, 7) is 2.73. The van der Waals surface area contributed by atoms with Gasteiger partial charge in [-0.25, -0.2) is 0 Å².